The van der Waals surface area contributed by atoms with Crippen molar-refractivity contribution in [2.24, 2.45) is 5.73 Å². The molecule has 0 amide bonds. The van der Waals surface area contributed by atoms with Crippen LogP contribution in [0.1, 0.15) is 39.9 Å². The SMILES string of the molecule is CS(=O)(=O)[N-]C(c1ccccc1)C(N)c1ccccc1.Cc1cc(C)cc(C)c1.[Cl][Ru+]. The average molecular weight is 546 g/mol. The van der Waals surface area contributed by atoms with Crippen LogP contribution in [0.25, 0.3) is 4.72 Å². The van der Waals surface area contributed by atoms with Gasteiger partial charge in [0.25, 0.3) is 0 Å². The van der Waals surface area contributed by atoms with Crippen LogP contribution in [0.2, 0.25) is 0 Å². The zero-order chi connectivity index (χ0) is 23.4. The Morgan fingerprint density at radius 1 is 0.774 bits per heavy atom. The van der Waals surface area contributed by atoms with Crippen molar-refractivity contribution >= 4 is 19.7 Å². The summed E-state index contributed by atoms with van der Waals surface area (Å²) in [6.45, 7) is 6.38. The fourth-order valence-corrected chi connectivity index (χ4v) is 3.92. The molecule has 0 fully saturated rings. The van der Waals surface area contributed by atoms with Crippen molar-refractivity contribution in [3.05, 3.63) is 111 Å². The van der Waals surface area contributed by atoms with E-state index in [1.54, 1.807) is 0 Å². The third kappa shape index (κ3) is 10.5. The van der Waals surface area contributed by atoms with Gasteiger partial charge in [-0.1, -0.05) is 107 Å². The Labute approximate surface area is 201 Å². The van der Waals surface area contributed by atoms with Gasteiger partial charge >= 0.3 is 27.0 Å². The van der Waals surface area contributed by atoms with Crippen molar-refractivity contribution in [3.8, 4) is 0 Å². The molecule has 3 rings (SSSR count). The van der Waals surface area contributed by atoms with Gasteiger partial charge < -0.3 is 10.5 Å². The first-order valence-electron chi connectivity index (χ1n) is 9.61. The van der Waals surface area contributed by atoms with E-state index in [0.29, 0.717) is 0 Å². The molecular weight excluding hydrogens is 517 g/mol. The van der Waals surface area contributed by atoms with E-state index in [1.165, 1.54) is 16.7 Å². The summed E-state index contributed by atoms with van der Waals surface area (Å²) in [5.41, 5.74) is 11.9. The second-order valence-corrected chi connectivity index (χ2v) is 8.97. The fraction of sp³-hybridized carbons (Fsp3) is 0.250. The van der Waals surface area contributed by atoms with Gasteiger partial charge in [0, 0.05) is 12.3 Å². The number of hydrogen-bond donors (Lipinski definition) is 1. The van der Waals surface area contributed by atoms with Gasteiger partial charge in [-0.2, -0.15) is 0 Å². The second kappa shape index (κ2) is 13.8. The monoisotopic (exact) mass is 546 g/mol. The molecule has 0 saturated carbocycles. The minimum atomic E-state index is -3.48. The number of benzene rings is 3. The molecular formula is C24H29ClN2O2RuS. The van der Waals surface area contributed by atoms with E-state index < -0.39 is 22.1 Å². The molecule has 0 aliphatic rings. The molecule has 0 aliphatic heterocycles. The van der Waals surface area contributed by atoms with Crippen molar-refractivity contribution in [1.29, 1.82) is 0 Å². The van der Waals surface area contributed by atoms with E-state index in [4.69, 9.17) is 5.73 Å². The molecule has 0 bridgehead atoms. The minimum absolute atomic E-state index is 0.506. The maximum atomic E-state index is 11.5. The van der Waals surface area contributed by atoms with Crippen molar-refractivity contribution < 1.29 is 25.7 Å². The summed E-state index contributed by atoms with van der Waals surface area (Å²) in [6, 6.07) is 24.1. The zero-order valence-electron chi connectivity index (χ0n) is 18.1. The average Bonchev–Trinajstić information content (AvgIpc) is 2.73. The Balaban J connectivity index is 0.000000365. The first-order chi connectivity index (χ1) is 14.7. The molecule has 2 N–H and O–H groups in total. The van der Waals surface area contributed by atoms with Crippen LogP contribution in [0.5, 0.6) is 0 Å². The number of nitrogens with zero attached hydrogens (tertiary/aromatic N) is 1. The predicted molar refractivity (Wildman–Crippen MR) is 127 cm³/mol. The molecule has 7 heteroatoms. The van der Waals surface area contributed by atoms with E-state index in [2.05, 4.69) is 53.4 Å². The van der Waals surface area contributed by atoms with Gasteiger partial charge in [-0.15, -0.1) is 0 Å². The molecule has 0 aromatic heterocycles. The standard InChI is InChI=1S/C15H17N2O2S.C9H12.ClH.Ru/c1-20(18,19)17-15(13-10-6-3-7-11-13)14(16)12-8-4-2-5-9-12;1-7-4-8(2)6-9(3)5-7;;/h2-11,14-15H,16H2,1H3;4-6H,1-3H3;1H;/q-1;;;+2/p-1. The normalized spacial score (nSPS) is 12.5. The van der Waals surface area contributed by atoms with Crippen LogP contribution in [0.3, 0.4) is 0 Å². The van der Waals surface area contributed by atoms with Gasteiger partial charge in [0.2, 0.25) is 0 Å². The summed E-state index contributed by atoms with van der Waals surface area (Å²) in [6.07, 6.45) is 1.08. The summed E-state index contributed by atoms with van der Waals surface area (Å²) in [7, 11) is 1.09. The van der Waals surface area contributed by atoms with Crippen molar-refractivity contribution in [2.45, 2.75) is 32.9 Å². The Morgan fingerprint density at radius 3 is 1.48 bits per heavy atom. The van der Waals surface area contributed by atoms with Crippen LogP contribution in [-0.4, -0.2) is 14.7 Å². The molecule has 3 aromatic carbocycles. The molecule has 2 atom stereocenters. The van der Waals surface area contributed by atoms with Gasteiger partial charge in [-0.3, -0.25) is 0 Å². The molecule has 2 unspecified atom stereocenters. The first-order valence-corrected chi connectivity index (χ1v) is 13.7. The topological polar surface area (TPSA) is 74.3 Å². The quantitative estimate of drug-likeness (QED) is 0.396. The molecule has 0 saturated heterocycles. The third-order valence-electron chi connectivity index (χ3n) is 4.34. The Hall–Kier alpha value is -1.56. The van der Waals surface area contributed by atoms with Crippen LogP contribution in [0.15, 0.2) is 78.9 Å². The van der Waals surface area contributed by atoms with Gasteiger partial charge in [0.15, 0.2) is 0 Å². The zero-order valence-corrected chi connectivity index (χ0v) is 21.5. The van der Waals surface area contributed by atoms with Gasteiger partial charge in [0.05, 0.1) is 10.0 Å². The van der Waals surface area contributed by atoms with Crippen LogP contribution < -0.4 is 5.73 Å². The van der Waals surface area contributed by atoms with Crippen molar-refractivity contribution in [3.63, 3.8) is 0 Å². The number of nitrogens with two attached hydrogens (primary N) is 1. The van der Waals surface area contributed by atoms with Crippen LogP contribution in [-0.2, 0) is 27.3 Å². The van der Waals surface area contributed by atoms with E-state index in [-0.39, 0.29) is 0 Å². The Morgan fingerprint density at radius 2 is 1.13 bits per heavy atom. The third-order valence-corrected chi connectivity index (χ3v) is 4.95. The number of aryl methyl sites for hydroxylation is 3. The van der Waals surface area contributed by atoms with Gasteiger partial charge in [-0.25, -0.2) is 8.42 Å². The molecule has 31 heavy (non-hydrogen) atoms. The summed E-state index contributed by atoms with van der Waals surface area (Å²) in [5.74, 6) is 0. The summed E-state index contributed by atoms with van der Waals surface area (Å²) in [5, 5.41) is 0. The van der Waals surface area contributed by atoms with Crippen molar-refractivity contribution in [2.75, 3.05) is 6.26 Å². The van der Waals surface area contributed by atoms with Crippen LogP contribution in [0, 0.1) is 20.8 Å². The van der Waals surface area contributed by atoms with E-state index in [1.807, 2.05) is 78.0 Å². The number of hydrogen-bond acceptors (Lipinski definition) is 3. The van der Waals surface area contributed by atoms with E-state index in [0.717, 1.165) is 17.4 Å². The number of sulfonamides is 1. The number of halogens is 1. The van der Waals surface area contributed by atoms with Crippen molar-refractivity contribution in [1.82, 2.24) is 0 Å². The van der Waals surface area contributed by atoms with Gasteiger partial charge in [0.1, 0.15) is 0 Å². The molecule has 4 nitrogen and oxygen atoms in total. The molecule has 0 spiro atoms. The maximum absolute atomic E-state index is 11.5. The Bertz CT molecular complexity index is 966. The molecule has 0 radical (unpaired) electrons. The summed E-state index contributed by atoms with van der Waals surface area (Å²) < 4.78 is 27.0. The summed E-state index contributed by atoms with van der Waals surface area (Å²) >= 11 is 1.82. The molecule has 168 valence electrons. The Kier molecular flexibility index (Phi) is 12.2. The number of rotatable bonds is 5. The molecule has 0 heterocycles. The molecule has 3 aromatic rings. The fourth-order valence-electron chi connectivity index (χ4n) is 3.25. The van der Waals surface area contributed by atoms with Crippen LogP contribution in [0.4, 0.5) is 0 Å². The first kappa shape index (κ1) is 27.5. The van der Waals surface area contributed by atoms with Crippen LogP contribution >= 0.6 is 9.69 Å². The molecule has 0 aliphatic carbocycles. The summed E-state index contributed by atoms with van der Waals surface area (Å²) in [4.78, 5) is 0. The van der Waals surface area contributed by atoms with E-state index in [9.17, 15) is 8.42 Å². The van der Waals surface area contributed by atoms with E-state index >= 15 is 0 Å². The predicted octanol–water partition coefficient (Wildman–Crippen LogP) is 6.06. The second-order valence-electron chi connectivity index (χ2n) is 7.30. The van der Waals surface area contributed by atoms with Gasteiger partial charge in [-0.05, 0) is 26.3 Å².